The van der Waals surface area contributed by atoms with Crippen LogP contribution in [0.25, 0.3) is 0 Å². The molecule has 2 fully saturated rings. The molecule has 2 N–H and O–H groups in total. The van der Waals surface area contributed by atoms with Gasteiger partial charge < -0.3 is 15.1 Å². The molecular formula is C22H36N3S+. The zero-order chi connectivity index (χ0) is 18.5. The molecule has 1 saturated heterocycles. The van der Waals surface area contributed by atoms with Crippen molar-refractivity contribution >= 4 is 23.0 Å². The maximum Gasteiger partial charge on any atom is 0.173 e. The molecular weight excluding hydrogens is 338 g/mol. The van der Waals surface area contributed by atoms with Crippen molar-refractivity contribution in [3.05, 3.63) is 29.3 Å². The zero-order valence-electron chi connectivity index (χ0n) is 16.8. The molecule has 1 aromatic carbocycles. The Morgan fingerprint density at radius 1 is 1.00 bits per heavy atom. The molecule has 0 bridgehead atoms. The SMILES string of the molecule is Cc1ccc(NC(=S)N2CCC([NH+](C)C3CCCCCC3)CC2)c(C)c1. The standard InChI is InChI=1S/C22H35N3S/c1-17-10-11-21(18(2)16-17)23-22(26)25-14-12-20(13-15-25)24(3)19-8-6-4-5-7-9-19/h10-11,16,19-20H,4-9,12-15H2,1-3H3,(H,23,26)/p+1. The fourth-order valence-corrected chi connectivity index (χ4v) is 5.05. The molecule has 0 spiro atoms. The Morgan fingerprint density at radius 3 is 2.23 bits per heavy atom. The van der Waals surface area contributed by atoms with Gasteiger partial charge in [0.1, 0.15) is 0 Å². The van der Waals surface area contributed by atoms with Crippen molar-refractivity contribution in [2.45, 2.75) is 77.3 Å². The summed E-state index contributed by atoms with van der Waals surface area (Å²) in [4.78, 5) is 4.16. The van der Waals surface area contributed by atoms with Gasteiger partial charge in [-0.1, -0.05) is 30.5 Å². The predicted octanol–water partition coefficient (Wildman–Crippen LogP) is 3.70. The minimum absolute atomic E-state index is 0.804. The average molecular weight is 375 g/mol. The summed E-state index contributed by atoms with van der Waals surface area (Å²) < 4.78 is 0. The van der Waals surface area contributed by atoms with E-state index in [0.717, 1.165) is 36.0 Å². The molecule has 1 aliphatic carbocycles. The van der Waals surface area contributed by atoms with Crippen LogP contribution in [0.1, 0.15) is 62.5 Å². The zero-order valence-corrected chi connectivity index (χ0v) is 17.6. The highest BCUT2D eigenvalue weighted by molar-refractivity contribution is 7.80. The molecule has 144 valence electrons. The van der Waals surface area contributed by atoms with Gasteiger partial charge in [0.25, 0.3) is 0 Å². The van der Waals surface area contributed by atoms with Crippen LogP contribution in [0.3, 0.4) is 0 Å². The van der Waals surface area contributed by atoms with E-state index < -0.39 is 0 Å². The smallest absolute Gasteiger partial charge is 0.173 e. The van der Waals surface area contributed by atoms with Crippen molar-refractivity contribution in [2.24, 2.45) is 0 Å². The van der Waals surface area contributed by atoms with E-state index in [1.165, 1.54) is 62.5 Å². The Kier molecular flexibility index (Phi) is 6.93. The number of likely N-dealkylation sites (tertiary alicyclic amines) is 1. The first-order valence-corrected chi connectivity index (χ1v) is 10.9. The summed E-state index contributed by atoms with van der Waals surface area (Å²) in [5.41, 5.74) is 3.70. The minimum atomic E-state index is 0.804. The normalized spacial score (nSPS) is 21.3. The maximum atomic E-state index is 5.70. The Morgan fingerprint density at radius 2 is 1.62 bits per heavy atom. The van der Waals surface area contributed by atoms with Gasteiger partial charge in [0, 0.05) is 31.6 Å². The number of nitrogens with one attached hydrogen (secondary N) is 2. The number of rotatable bonds is 3. The van der Waals surface area contributed by atoms with Gasteiger partial charge in [-0.15, -0.1) is 0 Å². The molecule has 3 rings (SSSR count). The van der Waals surface area contributed by atoms with E-state index in [1.807, 2.05) is 0 Å². The van der Waals surface area contributed by atoms with Crippen LogP contribution in [0, 0.1) is 13.8 Å². The monoisotopic (exact) mass is 374 g/mol. The summed E-state index contributed by atoms with van der Waals surface area (Å²) >= 11 is 5.70. The van der Waals surface area contributed by atoms with Crippen molar-refractivity contribution in [1.29, 1.82) is 0 Å². The second-order valence-corrected chi connectivity index (χ2v) is 8.83. The molecule has 4 heteroatoms. The first kappa shape index (κ1) is 19.6. The number of hydrogen-bond acceptors (Lipinski definition) is 1. The number of nitrogens with zero attached hydrogens (tertiary/aromatic N) is 1. The van der Waals surface area contributed by atoms with Gasteiger partial charge in [-0.05, 0) is 63.4 Å². The minimum Gasteiger partial charge on any atom is -0.349 e. The summed E-state index contributed by atoms with van der Waals surface area (Å²) in [5.74, 6) is 0. The van der Waals surface area contributed by atoms with Gasteiger partial charge in [0.15, 0.2) is 5.11 Å². The highest BCUT2D eigenvalue weighted by atomic mass is 32.1. The van der Waals surface area contributed by atoms with Crippen molar-refractivity contribution in [2.75, 3.05) is 25.5 Å². The third kappa shape index (κ3) is 4.98. The third-order valence-corrected chi connectivity index (χ3v) is 6.91. The fourth-order valence-electron chi connectivity index (χ4n) is 4.75. The van der Waals surface area contributed by atoms with E-state index in [4.69, 9.17) is 12.2 Å². The van der Waals surface area contributed by atoms with E-state index >= 15 is 0 Å². The summed E-state index contributed by atoms with van der Waals surface area (Å²) in [6.45, 7) is 6.46. The molecule has 3 nitrogen and oxygen atoms in total. The molecule has 0 aromatic heterocycles. The maximum absolute atomic E-state index is 5.70. The Balaban J connectivity index is 1.50. The quantitative estimate of drug-likeness (QED) is 0.622. The van der Waals surface area contributed by atoms with Crippen molar-refractivity contribution in [1.82, 2.24) is 4.90 Å². The van der Waals surface area contributed by atoms with Crippen LogP contribution in [0.5, 0.6) is 0 Å². The molecule has 0 amide bonds. The lowest BCUT2D eigenvalue weighted by Gasteiger charge is -2.38. The van der Waals surface area contributed by atoms with E-state index in [2.05, 4.69) is 49.3 Å². The average Bonchev–Trinajstić information content (AvgIpc) is 2.93. The number of aryl methyl sites for hydroxylation is 2. The molecule has 2 aliphatic rings. The van der Waals surface area contributed by atoms with E-state index in [0.29, 0.717) is 0 Å². The van der Waals surface area contributed by atoms with Crippen molar-refractivity contribution in [3.63, 3.8) is 0 Å². The molecule has 26 heavy (non-hydrogen) atoms. The van der Waals surface area contributed by atoms with Gasteiger partial charge in [-0.2, -0.15) is 0 Å². The molecule has 0 radical (unpaired) electrons. The first-order chi connectivity index (χ1) is 12.5. The fraction of sp³-hybridized carbons (Fsp3) is 0.682. The van der Waals surface area contributed by atoms with Crippen LogP contribution in [0.4, 0.5) is 5.69 Å². The highest BCUT2D eigenvalue weighted by Gasteiger charge is 2.31. The predicted molar refractivity (Wildman–Crippen MR) is 115 cm³/mol. The van der Waals surface area contributed by atoms with E-state index in [1.54, 1.807) is 4.90 Å². The summed E-state index contributed by atoms with van der Waals surface area (Å²) in [6.07, 6.45) is 11.1. The molecule has 1 aliphatic heterocycles. The summed E-state index contributed by atoms with van der Waals surface area (Å²) in [7, 11) is 2.45. The van der Waals surface area contributed by atoms with E-state index in [9.17, 15) is 0 Å². The van der Waals surface area contributed by atoms with Crippen LogP contribution in [0.2, 0.25) is 0 Å². The lowest BCUT2D eigenvalue weighted by Crippen LogP contribution is -3.17. The molecule has 1 saturated carbocycles. The van der Waals surface area contributed by atoms with Gasteiger partial charge in [0.05, 0.1) is 19.1 Å². The molecule has 1 atom stereocenters. The van der Waals surface area contributed by atoms with Crippen LogP contribution >= 0.6 is 12.2 Å². The Hall–Kier alpha value is -1.13. The second-order valence-electron chi connectivity index (χ2n) is 8.44. The second kappa shape index (κ2) is 9.18. The largest absolute Gasteiger partial charge is 0.349 e. The number of quaternary nitrogens is 1. The summed E-state index contributed by atoms with van der Waals surface area (Å²) in [6, 6.07) is 8.19. The van der Waals surface area contributed by atoms with Crippen LogP contribution < -0.4 is 10.2 Å². The number of benzene rings is 1. The van der Waals surface area contributed by atoms with Crippen LogP contribution in [0.15, 0.2) is 18.2 Å². The molecule has 1 heterocycles. The molecule has 1 aromatic rings. The van der Waals surface area contributed by atoms with Crippen molar-refractivity contribution in [3.8, 4) is 0 Å². The third-order valence-electron chi connectivity index (χ3n) is 6.55. The number of hydrogen-bond donors (Lipinski definition) is 2. The number of anilines is 1. The first-order valence-electron chi connectivity index (χ1n) is 10.5. The highest BCUT2D eigenvalue weighted by Crippen LogP contribution is 2.19. The van der Waals surface area contributed by atoms with Crippen LogP contribution in [-0.2, 0) is 0 Å². The van der Waals surface area contributed by atoms with Crippen molar-refractivity contribution < 1.29 is 4.90 Å². The van der Waals surface area contributed by atoms with Gasteiger partial charge in [-0.25, -0.2) is 0 Å². The van der Waals surface area contributed by atoms with Gasteiger partial charge in [-0.3, -0.25) is 0 Å². The Labute approximate surface area is 165 Å². The topological polar surface area (TPSA) is 19.7 Å². The van der Waals surface area contributed by atoms with Crippen LogP contribution in [-0.4, -0.2) is 42.2 Å². The van der Waals surface area contributed by atoms with E-state index in [-0.39, 0.29) is 0 Å². The summed E-state index contributed by atoms with van der Waals surface area (Å²) in [5, 5.41) is 4.36. The van der Waals surface area contributed by atoms with Gasteiger partial charge in [0.2, 0.25) is 0 Å². The number of thiocarbonyl (C=S) groups is 1. The van der Waals surface area contributed by atoms with Gasteiger partial charge >= 0.3 is 0 Å². The molecule has 1 unspecified atom stereocenters. The number of piperidine rings is 1. The Bertz CT molecular complexity index is 599. The lowest BCUT2D eigenvalue weighted by molar-refractivity contribution is -0.933. The lowest BCUT2D eigenvalue weighted by atomic mass is 9.99.